The average molecular weight is 269 g/mol. The van der Waals surface area contributed by atoms with Gasteiger partial charge in [-0.2, -0.15) is 0 Å². The van der Waals surface area contributed by atoms with Gasteiger partial charge >= 0.3 is 0 Å². The molecule has 0 radical (unpaired) electrons. The van der Waals surface area contributed by atoms with E-state index < -0.39 is 0 Å². The summed E-state index contributed by atoms with van der Waals surface area (Å²) in [4.78, 5) is 2.41. The molecule has 1 aromatic rings. The molecule has 1 aromatic carbocycles. The number of rotatable bonds is 1. The number of aryl methyl sites for hydroxylation is 1. The number of piperazine rings is 1. The molecule has 15 heavy (non-hydrogen) atoms. The van der Waals surface area contributed by atoms with Crippen LogP contribution in [0.5, 0.6) is 0 Å². The summed E-state index contributed by atoms with van der Waals surface area (Å²) in [7, 11) is 2.19. The van der Waals surface area contributed by atoms with Crippen LogP contribution >= 0.6 is 15.9 Å². The Kier molecular flexibility index (Phi) is 3.44. The van der Waals surface area contributed by atoms with Crippen molar-refractivity contribution in [3.63, 3.8) is 0 Å². The highest BCUT2D eigenvalue weighted by atomic mass is 79.9. The van der Waals surface area contributed by atoms with Crippen LogP contribution in [0.15, 0.2) is 22.7 Å². The van der Waals surface area contributed by atoms with E-state index in [4.69, 9.17) is 0 Å². The number of halogens is 1. The fourth-order valence-corrected chi connectivity index (χ4v) is 2.39. The van der Waals surface area contributed by atoms with Gasteiger partial charge in [0.25, 0.3) is 0 Å². The second-order valence-electron chi connectivity index (χ2n) is 4.21. The van der Waals surface area contributed by atoms with Crippen molar-refractivity contribution in [2.75, 3.05) is 26.7 Å². The third-order valence-corrected chi connectivity index (χ3v) is 3.95. The average Bonchev–Trinajstić information content (AvgIpc) is 2.23. The first-order valence-electron chi connectivity index (χ1n) is 5.35. The SMILES string of the molecule is Cc1ccc(C2CNCCN2C)cc1Br. The van der Waals surface area contributed by atoms with Gasteiger partial charge in [-0.15, -0.1) is 0 Å². The number of nitrogens with zero attached hydrogens (tertiary/aromatic N) is 1. The molecular formula is C12H17BrN2. The molecule has 2 rings (SSSR count). The topological polar surface area (TPSA) is 15.3 Å². The second kappa shape index (κ2) is 4.64. The van der Waals surface area contributed by atoms with Crippen molar-refractivity contribution in [3.8, 4) is 0 Å². The summed E-state index contributed by atoms with van der Waals surface area (Å²) in [6, 6.07) is 7.16. The molecular weight excluding hydrogens is 252 g/mol. The van der Waals surface area contributed by atoms with E-state index in [0.29, 0.717) is 6.04 Å². The Balaban J connectivity index is 2.24. The van der Waals surface area contributed by atoms with Crippen LogP contribution in [0.25, 0.3) is 0 Å². The molecule has 1 saturated heterocycles. The lowest BCUT2D eigenvalue weighted by atomic mass is 10.0. The molecule has 0 saturated carbocycles. The zero-order chi connectivity index (χ0) is 10.8. The van der Waals surface area contributed by atoms with E-state index in [9.17, 15) is 0 Å². The Morgan fingerprint density at radius 1 is 1.47 bits per heavy atom. The van der Waals surface area contributed by atoms with Gasteiger partial charge in [0, 0.05) is 30.1 Å². The van der Waals surface area contributed by atoms with Crippen molar-refractivity contribution in [2.24, 2.45) is 0 Å². The number of hydrogen-bond donors (Lipinski definition) is 1. The van der Waals surface area contributed by atoms with E-state index >= 15 is 0 Å². The van der Waals surface area contributed by atoms with Crippen LogP contribution in [0, 0.1) is 6.92 Å². The summed E-state index contributed by atoms with van der Waals surface area (Å²) in [6.07, 6.45) is 0. The van der Waals surface area contributed by atoms with Crippen LogP contribution in [0.2, 0.25) is 0 Å². The van der Waals surface area contributed by atoms with Gasteiger partial charge in [0.15, 0.2) is 0 Å². The van der Waals surface area contributed by atoms with Gasteiger partial charge in [-0.25, -0.2) is 0 Å². The normalized spacial score (nSPS) is 23.0. The van der Waals surface area contributed by atoms with Crippen LogP contribution in [-0.2, 0) is 0 Å². The van der Waals surface area contributed by atoms with Gasteiger partial charge in [-0.1, -0.05) is 28.1 Å². The molecule has 0 spiro atoms. The zero-order valence-corrected chi connectivity index (χ0v) is 10.8. The van der Waals surface area contributed by atoms with Crippen LogP contribution in [0.3, 0.4) is 0 Å². The predicted molar refractivity (Wildman–Crippen MR) is 67.1 cm³/mol. The minimum Gasteiger partial charge on any atom is -0.314 e. The molecule has 1 N–H and O–H groups in total. The van der Waals surface area contributed by atoms with Crippen LogP contribution in [0.1, 0.15) is 17.2 Å². The lowest BCUT2D eigenvalue weighted by molar-refractivity contribution is 0.202. The molecule has 0 amide bonds. The largest absolute Gasteiger partial charge is 0.314 e. The van der Waals surface area contributed by atoms with Crippen molar-refractivity contribution >= 4 is 15.9 Å². The van der Waals surface area contributed by atoms with Crippen LogP contribution in [0.4, 0.5) is 0 Å². The Morgan fingerprint density at radius 3 is 2.93 bits per heavy atom. The Bertz CT molecular complexity index is 351. The number of likely N-dealkylation sites (N-methyl/N-ethyl adjacent to an activating group) is 1. The molecule has 1 fully saturated rings. The molecule has 82 valence electrons. The summed E-state index contributed by atoms with van der Waals surface area (Å²) >= 11 is 3.59. The molecule has 2 nitrogen and oxygen atoms in total. The van der Waals surface area contributed by atoms with Gasteiger partial charge < -0.3 is 5.32 Å². The van der Waals surface area contributed by atoms with Gasteiger partial charge in [0.2, 0.25) is 0 Å². The first-order chi connectivity index (χ1) is 7.18. The highest BCUT2D eigenvalue weighted by Gasteiger charge is 2.20. The van der Waals surface area contributed by atoms with Crippen molar-refractivity contribution < 1.29 is 0 Å². The molecule has 1 aliphatic heterocycles. The van der Waals surface area contributed by atoms with E-state index in [-0.39, 0.29) is 0 Å². The van der Waals surface area contributed by atoms with Gasteiger partial charge in [0.1, 0.15) is 0 Å². The third kappa shape index (κ3) is 2.41. The third-order valence-electron chi connectivity index (χ3n) is 3.09. The minimum atomic E-state index is 0.510. The van der Waals surface area contributed by atoms with Crippen LogP contribution < -0.4 is 5.32 Å². The first-order valence-corrected chi connectivity index (χ1v) is 6.15. The van der Waals surface area contributed by atoms with E-state index in [2.05, 4.69) is 58.3 Å². The monoisotopic (exact) mass is 268 g/mol. The van der Waals surface area contributed by atoms with E-state index in [1.807, 2.05) is 0 Å². The fraction of sp³-hybridized carbons (Fsp3) is 0.500. The fourth-order valence-electron chi connectivity index (χ4n) is 1.99. The highest BCUT2D eigenvalue weighted by Crippen LogP contribution is 2.25. The molecule has 3 heteroatoms. The lowest BCUT2D eigenvalue weighted by Crippen LogP contribution is -2.43. The predicted octanol–water partition coefficient (Wildman–Crippen LogP) is 2.33. The number of benzene rings is 1. The van der Waals surface area contributed by atoms with Crippen molar-refractivity contribution in [1.82, 2.24) is 10.2 Å². The highest BCUT2D eigenvalue weighted by molar-refractivity contribution is 9.10. The van der Waals surface area contributed by atoms with Gasteiger partial charge in [-0.3, -0.25) is 4.90 Å². The smallest absolute Gasteiger partial charge is 0.0470 e. The standard InChI is InChI=1S/C12H17BrN2/c1-9-3-4-10(7-11(9)13)12-8-14-5-6-15(12)2/h3-4,7,12,14H,5-6,8H2,1-2H3. The second-order valence-corrected chi connectivity index (χ2v) is 5.06. The molecule has 1 heterocycles. The Labute approximate surface area is 99.8 Å². The molecule has 0 aliphatic carbocycles. The maximum absolute atomic E-state index is 3.59. The first kappa shape index (κ1) is 11.1. The maximum Gasteiger partial charge on any atom is 0.0470 e. The van der Waals surface area contributed by atoms with E-state index in [0.717, 1.165) is 19.6 Å². The van der Waals surface area contributed by atoms with E-state index in [1.54, 1.807) is 0 Å². The van der Waals surface area contributed by atoms with Crippen molar-refractivity contribution in [3.05, 3.63) is 33.8 Å². The van der Waals surface area contributed by atoms with Crippen LogP contribution in [-0.4, -0.2) is 31.6 Å². The lowest BCUT2D eigenvalue weighted by Gasteiger charge is -2.33. The Hall–Kier alpha value is -0.380. The minimum absolute atomic E-state index is 0.510. The summed E-state index contributed by atoms with van der Waals surface area (Å²) in [6.45, 7) is 5.39. The number of hydrogen-bond acceptors (Lipinski definition) is 2. The maximum atomic E-state index is 3.59. The molecule has 1 aliphatic rings. The van der Waals surface area contributed by atoms with Gasteiger partial charge in [0.05, 0.1) is 0 Å². The van der Waals surface area contributed by atoms with E-state index in [1.165, 1.54) is 15.6 Å². The summed E-state index contributed by atoms with van der Waals surface area (Å²) in [5, 5.41) is 3.44. The zero-order valence-electron chi connectivity index (χ0n) is 9.26. The number of nitrogens with one attached hydrogen (secondary N) is 1. The molecule has 0 aromatic heterocycles. The van der Waals surface area contributed by atoms with Crippen molar-refractivity contribution in [2.45, 2.75) is 13.0 Å². The molecule has 0 bridgehead atoms. The summed E-state index contributed by atoms with van der Waals surface area (Å²) in [5.74, 6) is 0. The molecule has 1 atom stereocenters. The quantitative estimate of drug-likeness (QED) is 0.841. The summed E-state index contributed by atoms with van der Waals surface area (Å²) < 4.78 is 1.21. The summed E-state index contributed by atoms with van der Waals surface area (Å²) in [5.41, 5.74) is 2.69. The Morgan fingerprint density at radius 2 is 2.27 bits per heavy atom. The van der Waals surface area contributed by atoms with Crippen molar-refractivity contribution in [1.29, 1.82) is 0 Å². The molecule has 1 unspecified atom stereocenters. The van der Waals surface area contributed by atoms with Gasteiger partial charge in [-0.05, 0) is 31.2 Å².